The number of rotatable bonds is 7. The van der Waals surface area contributed by atoms with Gasteiger partial charge < -0.3 is 15.7 Å². The van der Waals surface area contributed by atoms with Crippen molar-refractivity contribution in [1.82, 2.24) is 10.6 Å². The molecule has 0 rings (SSSR count). The van der Waals surface area contributed by atoms with E-state index in [0.29, 0.717) is 13.0 Å². The molecule has 0 saturated carbocycles. The van der Waals surface area contributed by atoms with Crippen LogP contribution in [-0.2, 0) is 9.59 Å². The van der Waals surface area contributed by atoms with E-state index in [-0.39, 0.29) is 24.8 Å². The molecule has 0 aliphatic heterocycles. The van der Waals surface area contributed by atoms with Crippen LogP contribution in [0.5, 0.6) is 0 Å². The van der Waals surface area contributed by atoms with E-state index in [1.807, 2.05) is 6.92 Å². The zero-order valence-electron chi connectivity index (χ0n) is 9.38. The predicted octanol–water partition coefficient (Wildman–Crippen LogP) is -0.210. The molecule has 0 spiro atoms. The van der Waals surface area contributed by atoms with E-state index in [0.717, 1.165) is 6.42 Å². The van der Waals surface area contributed by atoms with Gasteiger partial charge in [-0.2, -0.15) is 0 Å². The van der Waals surface area contributed by atoms with E-state index in [9.17, 15) is 14.7 Å². The van der Waals surface area contributed by atoms with Gasteiger partial charge in [-0.1, -0.05) is 13.3 Å². The van der Waals surface area contributed by atoms with Crippen molar-refractivity contribution in [2.45, 2.75) is 39.2 Å². The molecule has 0 aromatic carbocycles. The maximum Gasteiger partial charge on any atom is 0.221 e. The minimum absolute atomic E-state index is 0.145. The number of amides is 2. The summed E-state index contributed by atoms with van der Waals surface area (Å²) in [5.74, 6) is -0.298. The molecule has 0 aromatic rings. The molecule has 2 amide bonds. The summed E-state index contributed by atoms with van der Waals surface area (Å²) in [6, 6.07) is 0. The fraction of sp³-hybridized carbons (Fsp3) is 0.800. The molecular weight excluding hydrogens is 196 g/mol. The van der Waals surface area contributed by atoms with Gasteiger partial charge in [-0.25, -0.2) is 0 Å². The molecule has 1 unspecified atom stereocenters. The lowest BCUT2D eigenvalue weighted by molar-refractivity contribution is -0.122. The van der Waals surface area contributed by atoms with Gasteiger partial charge in [-0.15, -0.1) is 0 Å². The van der Waals surface area contributed by atoms with Crippen molar-refractivity contribution in [1.29, 1.82) is 0 Å². The Morgan fingerprint density at radius 3 is 2.53 bits per heavy atom. The van der Waals surface area contributed by atoms with Gasteiger partial charge in [0.2, 0.25) is 11.8 Å². The molecule has 15 heavy (non-hydrogen) atoms. The molecule has 88 valence electrons. The minimum Gasteiger partial charge on any atom is -0.391 e. The molecule has 0 heterocycles. The minimum atomic E-state index is -0.472. The first-order valence-corrected chi connectivity index (χ1v) is 5.25. The van der Waals surface area contributed by atoms with Gasteiger partial charge in [0, 0.05) is 26.4 Å². The van der Waals surface area contributed by atoms with Crippen LogP contribution in [0.15, 0.2) is 0 Å². The zero-order valence-corrected chi connectivity index (χ0v) is 9.38. The highest BCUT2D eigenvalue weighted by atomic mass is 16.3. The van der Waals surface area contributed by atoms with Crippen LogP contribution < -0.4 is 10.6 Å². The van der Waals surface area contributed by atoms with Crippen molar-refractivity contribution in [3.8, 4) is 0 Å². The van der Waals surface area contributed by atoms with Crippen LogP contribution >= 0.6 is 0 Å². The largest absolute Gasteiger partial charge is 0.391 e. The number of hydrogen-bond donors (Lipinski definition) is 3. The van der Waals surface area contributed by atoms with Crippen molar-refractivity contribution < 1.29 is 14.7 Å². The van der Waals surface area contributed by atoms with Crippen LogP contribution in [0, 0.1) is 0 Å². The van der Waals surface area contributed by atoms with Gasteiger partial charge in [-0.3, -0.25) is 9.59 Å². The zero-order chi connectivity index (χ0) is 11.7. The van der Waals surface area contributed by atoms with E-state index < -0.39 is 6.10 Å². The average Bonchev–Trinajstić information content (AvgIpc) is 2.14. The standard InChI is InChI=1S/C10H20N2O3/c1-3-4-9(14)7-12-10(15)5-6-11-8(2)13/h9,14H,3-7H2,1-2H3,(H,11,13)(H,12,15). The van der Waals surface area contributed by atoms with Crippen molar-refractivity contribution in [2.75, 3.05) is 13.1 Å². The van der Waals surface area contributed by atoms with Crippen molar-refractivity contribution in [3.05, 3.63) is 0 Å². The summed E-state index contributed by atoms with van der Waals surface area (Å²) in [5.41, 5.74) is 0. The van der Waals surface area contributed by atoms with Gasteiger partial charge >= 0.3 is 0 Å². The third kappa shape index (κ3) is 9.21. The molecule has 0 fully saturated rings. The van der Waals surface area contributed by atoms with E-state index in [1.165, 1.54) is 6.92 Å². The molecule has 0 bridgehead atoms. The van der Waals surface area contributed by atoms with Crippen LogP contribution in [0.4, 0.5) is 0 Å². The molecular formula is C10H20N2O3. The number of hydrogen-bond acceptors (Lipinski definition) is 3. The fourth-order valence-electron chi connectivity index (χ4n) is 1.11. The van der Waals surface area contributed by atoms with Crippen LogP contribution in [0.1, 0.15) is 33.1 Å². The Labute approximate surface area is 90.2 Å². The summed E-state index contributed by atoms with van der Waals surface area (Å²) in [7, 11) is 0. The summed E-state index contributed by atoms with van der Waals surface area (Å²) < 4.78 is 0. The summed E-state index contributed by atoms with van der Waals surface area (Å²) in [5, 5.41) is 14.5. The second-order valence-electron chi connectivity index (χ2n) is 3.48. The van der Waals surface area contributed by atoms with Gasteiger partial charge in [-0.05, 0) is 6.42 Å². The summed E-state index contributed by atoms with van der Waals surface area (Å²) in [6.45, 7) is 4.00. The SMILES string of the molecule is CCCC(O)CNC(=O)CCNC(C)=O. The fourth-order valence-corrected chi connectivity index (χ4v) is 1.11. The Bertz CT molecular complexity index is 207. The molecule has 0 aliphatic rings. The average molecular weight is 216 g/mol. The lowest BCUT2D eigenvalue weighted by atomic mass is 10.2. The van der Waals surface area contributed by atoms with Crippen molar-refractivity contribution in [2.24, 2.45) is 0 Å². The van der Waals surface area contributed by atoms with Gasteiger partial charge in [0.05, 0.1) is 6.10 Å². The van der Waals surface area contributed by atoms with Gasteiger partial charge in [0.25, 0.3) is 0 Å². The number of carbonyl (C=O) groups is 2. The van der Waals surface area contributed by atoms with Crippen LogP contribution in [0.25, 0.3) is 0 Å². The number of nitrogens with one attached hydrogen (secondary N) is 2. The first-order valence-electron chi connectivity index (χ1n) is 5.25. The summed E-state index contributed by atoms with van der Waals surface area (Å²) in [4.78, 5) is 21.7. The van der Waals surface area contributed by atoms with E-state index >= 15 is 0 Å². The Kier molecular flexibility index (Phi) is 7.62. The summed E-state index contributed by atoms with van der Waals surface area (Å²) in [6.07, 6.45) is 1.35. The first kappa shape index (κ1) is 13.9. The molecule has 0 aromatic heterocycles. The lowest BCUT2D eigenvalue weighted by Crippen LogP contribution is -2.34. The Hall–Kier alpha value is -1.10. The molecule has 3 N–H and O–H groups in total. The van der Waals surface area contributed by atoms with E-state index in [1.54, 1.807) is 0 Å². The number of carbonyl (C=O) groups excluding carboxylic acids is 2. The summed E-state index contributed by atoms with van der Waals surface area (Å²) >= 11 is 0. The first-order chi connectivity index (χ1) is 7.06. The van der Waals surface area contributed by atoms with E-state index in [4.69, 9.17) is 0 Å². The molecule has 0 aliphatic carbocycles. The van der Waals surface area contributed by atoms with Crippen molar-refractivity contribution in [3.63, 3.8) is 0 Å². The van der Waals surface area contributed by atoms with Crippen LogP contribution in [0.3, 0.4) is 0 Å². The van der Waals surface area contributed by atoms with Crippen LogP contribution in [0.2, 0.25) is 0 Å². The topological polar surface area (TPSA) is 78.4 Å². The molecule has 0 radical (unpaired) electrons. The number of aliphatic hydroxyl groups is 1. The quantitative estimate of drug-likeness (QED) is 0.551. The van der Waals surface area contributed by atoms with Gasteiger partial charge in [0.1, 0.15) is 0 Å². The van der Waals surface area contributed by atoms with E-state index in [2.05, 4.69) is 10.6 Å². The Morgan fingerprint density at radius 1 is 1.33 bits per heavy atom. The third-order valence-electron chi connectivity index (χ3n) is 1.88. The third-order valence-corrected chi connectivity index (χ3v) is 1.88. The lowest BCUT2D eigenvalue weighted by Gasteiger charge is -2.10. The second kappa shape index (κ2) is 8.23. The Morgan fingerprint density at radius 2 is 2.00 bits per heavy atom. The maximum atomic E-state index is 11.2. The van der Waals surface area contributed by atoms with Crippen LogP contribution in [-0.4, -0.2) is 36.1 Å². The molecule has 5 nitrogen and oxygen atoms in total. The Balaban J connectivity index is 3.44. The highest BCUT2D eigenvalue weighted by Gasteiger charge is 2.05. The molecule has 0 saturated heterocycles. The number of aliphatic hydroxyl groups excluding tert-OH is 1. The smallest absolute Gasteiger partial charge is 0.221 e. The highest BCUT2D eigenvalue weighted by molar-refractivity contribution is 5.77. The van der Waals surface area contributed by atoms with Gasteiger partial charge in [0.15, 0.2) is 0 Å². The normalized spacial score (nSPS) is 11.9. The molecule has 5 heteroatoms. The second-order valence-corrected chi connectivity index (χ2v) is 3.48. The predicted molar refractivity (Wildman–Crippen MR) is 57.2 cm³/mol. The highest BCUT2D eigenvalue weighted by Crippen LogP contribution is 1.93. The monoisotopic (exact) mass is 216 g/mol. The maximum absolute atomic E-state index is 11.2. The molecule has 1 atom stereocenters. The van der Waals surface area contributed by atoms with Crippen molar-refractivity contribution >= 4 is 11.8 Å².